The molecule has 0 aliphatic rings. The summed E-state index contributed by atoms with van der Waals surface area (Å²) in [5.41, 5.74) is 1.62. The maximum Gasteiger partial charge on any atom is 0.177 e. The molecule has 0 atom stereocenters. The second kappa shape index (κ2) is 4.81. The van der Waals surface area contributed by atoms with Gasteiger partial charge in [-0.2, -0.15) is 5.10 Å². The summed E-state index contributed by atoms with van der Waals surface area (Å²) in [4.78, 5) is 0.314. The molecule has 6 heteroatoms. The minimum Gasteiger partial charge on any atom is -0.380 e. The summed E-state index contributed by atoms with van der Waals surface area (Å²) < 4.78 is 24.9. The van der Waals surface area contributed by atoms with Crippen LogP contribution in [0.1, 0.15) is 5.56 Å². The van der Waals surface area contributed by atoms with Gasteiger partial charge in [0.15, 0.2) is 9.84 Å². The highest BCUT2D eigenvalue weighted by atomic mass is 32.2. The fraction of sp³-hybridized carbons (Fsp3) is 0.250. The molecule has 0 spiro atoms. The van der Waals surface area contributed by atoms with E-state index in [9.17, 15) is 8.42 Å². The number of hydrogen-bond acceptors (Lipinski definition) is 4. The molecule has 0 aliphatic carbocycles. The number of benzene rings is 1. The van der Waals surface area contributed by atoms with Gasteiger partial charge in [-0.25, -0.2) is 8.42 Å². The third-order valence-electron chi connectivity index (χ3n) is 2.53. The van der Waals surface area contributed by atoms with Crippen LogP contribution in [-0.4, -0.2) is 24.5 Å². The lowest BCUT2D eigenvalue weighted by Crippen LogP contribution is -2.05. The molecule has 0 unspecified atom stereocenters. The minimum absolute atomic E-state index is 0.314. The summed E-state index contributed by atoms with van der Waals surface area (Å²) in [7, 11) is -1.37. The quantitative estimate of drug-likeness (QED) is 0.908. The molecule has 0 saturated carbocycles. The van der Waals surface area contributed by atoms with Crippen LogP contribution in [-0.2, 0) is 23.4 Å². The molecule has 0 fully saturated rings. The van der Waals surface area contributed by atoms with Crippen LogP contribution >= 0.6 is 0 Å². The Labute approximate surface area is 106 Å². The Morgan fingerprint density at radius 2 is 2.06 bits per heavy atom. The Morgan fingerprint density at radius 3 is 2.67 bits per heavy atom. The summed E-state index contributed by atoms with van der Waals surface area (Å²) >= 11 is 0. The van der Waals surface area contributed by atoms with Crippen molar-refractivity contribution in [3.05, 3.63) is 42.2 Å². The van der Waals surface area contributed by atoms with Gasteiger partial charge < -0.3 is 5.32 Å². The highest BCUT2D eigenvalue weighted by molar-refractivity contribution is 7.90. The second-order valence-electron chi connectivity index (χ2n) is 4.14. The van der Waals surface area contributed by atoms with Crippen molar-refractivity contribution in [1.82, 2.24) is 9.78 Å². The SMILES string of the molecule is Cn1cc(CNc2ccccc2S(C)(=O)=O)cn1. The number of rotatable bonds is 4. The highest BCUT2D eigenvalue weighted by Gasteiger charge is 2.12. The number of aromatic nitrogens is 2. The maximum absolute atomic E-state index is 11.6. The number of sulfone groups is 1. The van der Waals surface area contributed by atoms with E-state index in [-0.39, 0.29) is 0 Å². The molecule has 1 aromatic carbocycles. The molecular formula is C12H15N3O2S. The Morgan fingerprint density at radius 1 is 1.33 bits per heavy atom. The first-order valence-electron chi connectivity index (χ1n) is 5.47. The summed E-state index contributed by atoms with van der Waals surface area (Å²) in [6.07, 6.45) is 4.84. The van der Waals surface area contributed by atoms with Crippen LogP contribution in [0.4, 0.5) is 5.69 Å². The zero-order chi connectivity index (χ0) is 13.2. The molecule has 2 rings (SSSR count). The summed E-state index contributed by atoms with van der Waals surface area (Å²) in [5, 5.41) is 7.18. The van der Waals surface area contributed by atoms with E-state index in [4.69, 9.17) is 0 Å². The summed E-state index contributed by atoms with van der Waals surface area (Å²) in [6.45, 7) is 0.542. The van der Waals surface area contributed by atoms with Gasteiger partial charge in [-0.1, -0.05) is 12.1 Å². The molecule has 1 heterocycles. The molecule has 0 radical (unpaired) electrons. The summed E-state index contributed by atoms with van der Waals surface area (Å²) in [6, 6.07) is 6.87. The van der Waals surface area contributed by atoms with Crippen molar-refractivity contribution < 1.29 is 8.42 Å². The van der Waals surface area contributed by atoms with Gasteiger partial charge in [0.25, 0.3) is 0 Å². The predicted octanol–water partition coefficient (Wildman–Crippen LogP) is 1.44. The number of hydrogen-bond donors (Lipinski definition) is 1. The molecule has 5 nitrogen and oxygen atoms in total. The van der Waals surface area contributed by atoms with Gasteiger partial charge in [-0.15, -0.1) is 0 Å². The largest absolute Gasteiger partial charge is 0.380 e. The Kier molecular flexibility index (Phi) is 3.38. The Balaban J connectivity index is 2.20. The minimum atomic E-state index is -3.22. The fourth-order valence-electron chi connectivity index (χ4n) is 1.70. The molecule has 0 saturated heterocycles. The fourth-order valence-corrected chi connectivity index (χ4v) is 2.56. The first-order chi connectivity index (χ1) is 8.47. The van der Waals surface area contributed by atoms with Gasteiger partial charge in [0.1, 0.15) is 0 Å². The van der Waals surface area contributed by atoms with E-state index in [0.717, 1.165) is 5.56 Å². The average Bonchev–Trinajstić information content (AvgIpc) is 2.72. The second-order valence-corrected chi connectivity index (χ2v) is 6.13. The van der Waals surface area contributed by atoms with Crippen LogP contribution in [0.2, 0.25) is 0 Å². The summed E-state index contributed by atoms with van der Waals surface area (Å²) in [5.74, 6) is 0. The van der Waals surface area contributed by atoms with Crippen LogP contribution in [0.15, 0.2) is 41.6 Å². The highest BCUT2D eigenvalue weighted by Crippen LogP contribution is 2.21. The topological polar surface area (TPSA) is 64.0 Å². The van der Waals surface area contributed by atoms with E-state index in [1.54, 1.807) is 35.1 Å². The molecule has 1 N–H and O–H groups in total. The van der Waals surface area contributed by atoms with Crippen molar-refractivity contribution in [1.29, 1.82) is 0 Å². The van der Waals surface area contributed by atoms with Crippen LogP contribution in [0.5, 0.6) is 0 Å². The van der Waals surface area contributed by atoms with Crippen LogP contribution in [0.3, 0.4) is 0 Å². The first-order valence-corrected chi connectivity index (χ1v) is 7.36. The van der Waals surface area contributed by atoms with E-state index >= 15 is 0 Å². The van der Waals surface area contributed by atoms with Crippen LogP contribution in [0.25, 0.3) is 0 Å². The maximum atomic E-state index is 11.6. The van der Waals surface area contributed by atoms with E-state index in [1.807, 2.05) is 13.2 Å². The molecule has 0 bridgehead atoms. The van der Waals surface area contributed by atoms with E-state index in [2.05, 4.69) is 10.4 Å². The van der Waals surface area contributed by atoms with Crippen molar-refractivity contribution in [2.45, 2.75) is 11.4 Å². The molecular weight excluding hydrogens is 250 g/mol. The standard InChI is InChI=1S/C12H15N3O2S/c1-15-9-10(8-14-15)7-13-11-5-3-4-6-12(11)18(2,16)17/h3-6,8-9,13H,7H2,1-2H3. The van der Waals surface area contributed by atoms with Gasteiger partial charge in [-0.3, -0.25) is 4.68 Å². The molecule has 1 aromatic heterocycles. The monoisotopic (exact) mass is 265 g/mol. The van der Waals surface area contributed by atoms with Crippen molar-refractivity contribution in [2.75, 3.05) is 11.6 Å². The Bertz CT molecular complexity index is 647. The zero-order valence-corrected chi connectivity index (χ0v) is 11.1. The van der Waals surface area contributed by atoms with E-state index in [0.29, 0.717) is 17.1 Å². The number of nitrogens with zero attached hydrogens (tertiary/aromatic N) is 2. The molecule has 0 amide bonds. The van der Waals surface area contributed by atoms with Crippen LogP contribution < -0.4 is 5.32 Å². The van der Waals surface area contributed by atoms with Gasteiger partial charge in [0.05, 0.1) is 16.8 Å². The van der Waals surface area contributed by atoms with Crippen molar-refractivity contribution >= 4 is 15.5 Å². The van der Waals surface area contributed by atoms with E-state index < -0.39 is 9.84 Å². The molecule has 0 aliphatic heterocycles. The zero-order valence-electron chi connectivity index (χ0n) is 10.3. The number of nitrogens with one attached hydrogen (secondary N) is 1. The first kappa shape index (κ1) is 12.6. The smallest absolute Gasteiger partial charge is 0.177 e. The third kappa shape index (κ3) is 2.89. The molecule has 2 aromatic rings. The van der Waals surface area contributed by atoms with Crippen molar-refractivity contribution in [3.63, 3.8) is 0 Å². The van der Waals surface area contributed by atoms with Crippen molar-refractivity contribution in [2.24, 2.45) is 7.05 Å². The molecule has 18 heavy (non-hydrogen) atoms. The number of aryl methyl sites for hydroxylation is 1. The number of para-hydroxylation sites is 1. The van der Waals surface area contributed by atoms with E-state index in [1.165, 1.54) is 6.26 Å². The van der Waals surface area contributed by atoms with Gasteiger partial charge in [0.2, 0.25) is 0 Å². The third-order valence-corrected chi connectivity index (χ3v) is 3.68. The number of anilines is 1. The van der Waals surface area contributed by atoms with Gasteiger partial charge in [-0.05, 0) is 12.1 Å². The lowest BCUT2D eigenvalue weighted by atomic mass is 10.3. The molecule has 96 valence electrons. The lowest BCUT2D eigenvalue weighted by Gasteiger charge is -2.09. The van der Waals surface area contributed by atoms with Crippen molar-refractivity contribution in [3.8, 4) is 0 Å². The normalized spacial score (nSPS) is 11.4. The lowest BCUT2D eigenvalue weighted by molar-refractivity contribution is 0.602. The Hall–Kier alpha value is -1.82. The van der Waals surface area contributed by atoms with Crippen LogP contribution in [0, 0.1) is 0 Å². The average molecular weight is 265 g/mol. The van der Waals surface area contributed by atoms with Gasteiger partial charge in [0, 0.05) is 31.6 Å². The van der Waals surface area contributed by atoms with Gasteiger partial charge >= 0.3 is 0 Å². The predicted molar refractivity (Wildman–Crippen MR) is 70.1 cm³/mol.